The van der Waals surface area contributed by atoms with Crippen molar-refractivity contribution in [3.05, 3.63) is 34.9 Å². The molecule has 20 heavy (non-hydrogen) atoms. The second kappa shape index (κ2) is 7.16. The first-order chi connectivity index (χ1) is 9.61. The van der Waals surface area contributed by atoms with E-state index in [4.69, 9.17) is 0 Å². The molecule has 0 saturated heterocycles. The third kappa shape index (κ3) is 3.78. The topological polar surface area (TPSA) is 12.0 Å². The molecular weight excluding hydrogens is 256 g/mol. The first-order valence-electron chi connectivity index (χ1n) is 7.80. The minimum absolute atomic E-state index is 0.00222. The maximum Gasteiger partial charge on any atom is 0.130 e. The van der Waals surface area contributed by atoms with E-state index >= 15 is 0 Å². The number of hydrogen-bond donors (Lipinski definition) is 1. The van der Waals surface area contributed by atoms with Crippen LogP contribution in [0, 0.1) is 24.5 Å². The second-order valence-electron chi connectivity index (χ2n) is 5.97. The van der Waals surface area contributed by atoms with Gasteiger partial charge < -0.3 is 5.32 Å². The molecule has 0 amide bonds. The molecule has 0 radical (unpaired) electrons. The first kappa shape index (κ1) is 15.4. The van der Waals surface area contributed by atoms with Crippen molar-refractivity contribution in [3.8, 4) is 0 Å². The zero-order chi connectivity index (χ0) is 14.5. The van der Waals surface area contributed by atoms with Crippen LogP contribution in [0.1, 0.15) is 62.6 Å². The number of benzene rings is 1. The van der Waals surface area contributed by atoms with Crippen molar-refractivity contribution in [2.45, 2.75) is 58.4 Å². The van der Waals surface area contributed by atoms with Crippen molar-refractivity contribution in [2.75, 3.05) is 6.54 Å². The van der Waals surface area contributed by atoms with Crippen LogP contribution in [0.4, 0.5) is 8.78 Å². The molecule has 1 saturated carbocycles. The fourth-order valence-electron chi connectivity index (χ4n) is 3.27. The van der Waals surface area contributed by atoms with Crippen molar-refractivity contribution in [1.29, 1.82) is 0 Å². The Morgan fingerprint density at radius 3 is 2.50 bits per heavy atom. The Hall–Kier alpha value is -0.960. The van der Waals surface area contributed by atoms with Gasteiger partial charge in [-0.3, -0.25) is 0 Å². The molecule has 1 aliphatic carbocycles. The summed E-state index contributed by atoms with van der Waals surface area (Å²) in [6.07, 6.45) is 7.33. The summed E-state index contributed by atoms with van der Waals surface area (Å²) in [7, 11) is 0. The van der Waals surface area contributed by atoms with Crippen molar-refractivity contribution in [1.82, 2.24) is 5.32 Å². The molecule has 0 bridgehead atoms. The van der Waals surface area contributed by atoms with Gasteiger partial charge in [0.05, 0.1) is 0 Å². The summed E-state index contributed by atoms with van der Waals surface area (Å²) in [6.45, 7) is 4.53. The lowest BCUT2D eigenvalue weighted by molar-refractivity contribution is 0.298. The predicted octanol–water partition coefficient (Wildman–Crippen LogP) is 4.89. The molecule has 1 nitrogen and oxygen atoms in total. The predicted molar refractivity (Wildman–Crippen MR) is 78.7 cm³/mol. The molecule has 0 aliphatic heterocycles. The highest BCUT2D eigenvalue weighted by Gasteiger charge is 2.22. The number of aryl methyl sites for hydroxylation is 1. The standard InChI is InChI=1S/C17H25F2N/c1-3-20-17(10-13-7-5-4-6-8-13)14-9-12(2)15(18)11-16(14)19/h9,11,13,17,20H,3-8,10H2,1-2H3. The maximum absolute atomic E-state index is 14.1. The van der Waals surface area contributed by atoms with Gasteiger partial charge in [-0.25, -0.2) is 8.78 Å². The lowest BCUT2D eigenvalue weighted by Crippen LogP contribution is -2.25. The van der Waals surface area contributed by atoms with Crippen molar-refractivity contribution < 1.29 is 8.78 Å². The van der Waals surface area contributed by atoms with Crippen molar-refractivity contribution >= 4 is 0 Å². The molecule has 112 valence electrons. The molecule has 0 aromatic heterocycles. The zero-order valence-corrected chi connectivity index (χ0v) is 12.5. The summed E-state index contributed by atoms with van der Waals surface area (Å²) in [4.78, 5) is 0. The first-order valence-corrected chi connectivity index (χ1v) is 7.80. The van der Waals surface area contributed by atoms with E-state index < -0.39 is 11.6 Å². The van der Waals surface area contributed by atoms with E-state index in [-0.39, 0.29) is 6.04 Å². The van der Waals surface area contributed by atoms with Crippen LogP contribution in [0.15, 0.2) is 12.1 Å². The van der Waals surface area contributed by atoms with Crippen molar-refractivity contribution in [3.63, 3.8) is 0 Å². The quantitative estimate of drug-likeness (QED) is 0.810. The van der Waals surface area contributed by atoms with E-state index in [2.05, 4.69) is 5.32 Å². The van der Waals surface area contributed by atoms with Gasteiger partial charge in [-0.05, 0) is 37.4 Å². The molecule has 1 aliphatic rings. The molecule has 1 atom stereocenters. The van der Waals surface area contributed by atoms with E-state index in [1.807, 2.05) is 6.92 Å². The lowest BCUT2D eigenvalue weighted by atomic mass is 9.83. The van der Waals surface area contributed by atoms with Crippen LogP contribution in [0.25, 0.3) is 0 Å². The van der Waals surface area contributed by atoms with Gasteiger partial charge in [0, 0.05) is 17.7 Å². The maximum atomic E-state index is 14.1. The second-order valence-corrected chi connectivity index (χ2v) is 5.97. The van der Waals surface area contributed by atoms with E-state index in [1.54, 1.807) is 13.0 Å². The number of rotatable bonds is 5. The number of hydrogen-bond acceptors (Lipinski definition) is 1. The Morgan fingerprint density at radius 2 is 1.85 bits per heavy atom. The molecular formula is C17H25F2N. The van der Waals surface area contributed by atoms with Gasteiger partial charge in [0.15, 0.2) is 0 Å². The molecule has 1 fully saturated rings. The Balaban J connectivity index is 2.16. The summed E-state index contributed by atoms with van der Waals surface area (Å²) in [5.74, 6) is -0.216. The van der Waals surface area contributed by atoms with Gasteiger partial charge in [-0.1, -0.05) is 39.0 Å². The molecule has 2 rings (SSSR count). The molecule has 1 N–H and O–H groups in total. The lowest BCUT2D eigenvalue weighted by Gasteiger charge is -2.27. The van der Waals surface area contributed by atoms with Crippen LogP contribution < -0.4 is 5.32 Å². The van der Waals surface area contributed by atoms with Crippen LogP contribution in [0.5, 0.6) is 0 Å². The summed E-state index contributed by atoms with van der Waals surface area (Å²) >= 11 is 0. The minimum Gasteiger partial charge on any atom is -0.310 e. The smallest absolute Gasteiger partial charge is 0.130 e. The third-order valence-corrected chi connectivity index (χ3v) is 4.40. The highest BCUT2D eigenvalue weighted by Crippen LogP contribution is 2.33. The van der Waals surface area contributed by atoms with E-state index in [9.17, 15) is 8.78 Å². The average Bonchev–Trinajstić information content (AvgIpc) is 2.44. The minimum atomic E-state index is -0.459. The fraction of sp³-hybridized carbons (Fsp3) is 0.647. The van der Waals surface area contributed by atoms with Gasteiger partial charge in [0.2, 0.25) is 0 Å². The van der Waals surface area contributed by atoms with Crippen LogP contribution in [-0.2, 0) is 0 Å². The molecule has 3 heteroatoms. The van der Waals surface area contributed by atoms with Crippen LogP contribution >= 0.6 is 0 Å². The third-order valence-electron chi connectivity index (χ3n) is 4.40. The van der Waals surface area contributed by atoms with E-state index in [1.165, 1.54) is 32.1 Å². The van der Waals surface area contributed by atoms with Gasteiger partial charge in [-0.15, -0.1) is 0 Å². The molecule has 0 spiro atoms. The van der Waals surface area contributed by atoms with E-state index in [0.29, 0.717) is 17.0 Å². The Labute approximate surface area is 120 Å². The number of halogens is 2. The summed E-state index contributed by atoms with van der Waals surface area (Å²) in [6, 6.07) is 2.69. The molecule has 0 heterocycles. The monoisotopic (exact) mass is 281 g/mol. The summed E-state index contributed by atoms with van der Waals surface area (Å²) in [5.41, 5.74) is 1.14. The summed E-state index contributed by atoms with van der Waals surface area (Å²) < 4.78 is 27.5. The number of nitrogens with one attached hydrogen (secondary N) is 1. The Kier molecular flexibility index (Phi) is 5.53. The van der Waals surface area contributed by atoms with Gasteiger partial charge in [0.25, 0.3) is 0 Å². The van der Waals surface area contributed by atoms with Gasteiger partial charge >= 0.3 is 0 Å². The molecule has 1 aromatic carbocycles. The SMILES string of the molecule is CCNC(CC1CCCCC1)c1cc(C)c(F)cc1F. The summed E-state index contributed by atoms with van der Waals surface area (Å²) in [5, 5.41) is 3.37. The Bertz CT molecular complexity index is 439. The normalized spacial score (nSPS) is 18.2. The molecule has 1 aromatic rings. The van der Waals surface area contributed by atoms with E-state index in [0.717, 1.165) is 19.0 Å². The van der Waals surface area contributed by atoms with Crippen LogP contribution in [-0.4, -0.2) is 6.54 Å². The van der Waals surface area contributed by atoms with Gasteiger partial charge in [0.1, 0.15) is 11.6 Å². The average molecular weight is 281 g/mol. The fourth-order valence-corrected chi connectivity index (χ4v) is 3.27. The zero-order valence-electron chi connectivity index (χ0n) is 12.5. The van der Waals surface area contributed by atoms with Crippen LogP contribution in [0.2, 0.25) is 0 Å². The highest BCUT2D eigenvalue weighted by molar-refractivity contribution is 5.28. The van der Waals surface area contributed by atoms with Crippen LogP contribution in [0.3, 0.4) is 0 Å². The highest BCUT2D eigenvalue weighted by atomic mass is 19.1. The van der Waals surface area contributed by atoms with Gasteiger partial charge in [-0.2, -0.15) is 0 Å². The Morgan fingerprint density at radius 1 is 1.15 bits per heavy atom. The molecule has 1 unspecified atom stereocenters. The van der Waals surface area contributed by atoms with Crippen molar-refractivity contribution in [2.24, 2.45) is 5.92 Å². The largest absolute Gasteiger partial charge is 0.310 e.